The van der Waals surface area contributed by atoms with E-state index in [-0.39, 0.29) is 6.04 Å². The molecule has 1 nitrogen and oxygen atoms in total. The number of nitrogens with two attached hydrogens (primary N) is 1. The minimum Gasteiger partial charge on any atom is -0.323 e. The summed E-state index contributed by atoms with van der Waals surface area (Å²) in [5.41, 5.74) is 11.9. The van der Waals surface area contributed by atoms with Gasteiger partial charge >= 0.3 is 0 Å². The zero-order chi connectivity index (χ0) is 12.4. The lowest BCUT2D eigenvalue weighted by Gasteiger charge is -2.28. The van der Waals surface area contributed by atoms with E-state index in [9.17, 15) is 0 Å². The fourth-order valence-electron chi connectivity index (χ4n) is 2.26. The largest absolute Gasteiger partial charge is 0.323 e. The smallest absolute Gasteiger partial charge is 0.0426 e. The van der Waals surface area contributed by atoms with Crippen LogP contribution in [0.25, 0.3) is 0 Å². The number of rotatable bonds is 2. The van der Waals surface area contributed by atoms with Gasteiger partial charge in [0.2, 0.25) is 0 Å². The summed E-state index contributed by atoms with van der Waals surface area (Å²) in [6.45, 7) is 6.53. The topological polar surface area (TPSA) is 26.0 Å². The number of benzene rings is 1. The molecule has 2 rings (SSSR count). The second kappa shape index (κ2) is 5.68. The summed E-state index contributed by atoms with van der Waals surface area (Å²) >= 11 is 4.08. The van der Waals surface area contributed by atoms with E-state index in [1.807, 2.05) is 23.5 Å². The van der Waals surface area contributed by atoms with Crippen molar-refractivity contribution in [2.75, 3.05) is 17.3 Å². The number of aryl methyl sites for hydroxylation is 3. The van der Waals surface area contributed by atoms with E-state index in [1.165, 1.54) is 39.5 Å². The average molecular weight is 267 g/mol. The standard InChI is InChI=1S/C14H21NS2/c1-9-6-11(3)12(7-10(9)2)14(15)13-8-16-4-5-17-13/h6-7,13-14H,4-5,8,15H2,1-3H3. The molecule has 94 valence electrons. The first kappa shape index (κ1) is 13.3. The maximum atomic E-state index is 6.46. The van der Waals surface area contributed by atoms with Gasteiger partial charge in [0.25, 0.3) is 0 Å². The van der Waals surface area contributed by atoms with Crippen LogP contribution in [0.5, 0.6) is 0 Å². The molecule has 1 aliphatic heterocycles. The van der Waals surface area contributed by atoms with Crippen molar-refractivity contribution in [3.8, 4) is 0 Å². The van der Waals surface area contributed by atoms with Gasteiger partial charge < -0.3 is 5.73 Å². The Bertz CT molecular complexity index is 397. The zero-order valence-corrected chi connectivity index (χ0v) is 12.5. The maximum Gasteiger partial charge on any atom is 0.0426 e. The van der Waals surface area contributed by atoms with Crippen molar-refractivity contribution in [3.63, 3.8) is 0 Å². The summed E-state index contributed by atoms with van der Waals surface area (Å²) < 4.78 is 0. The Kier molecular flexibility index (Phi) is 4.45. The zero-order valence-electron chi connectivity index (χ0n) is 10.8. The summed E-state index contributed by atoms with van der Waals surface area (Å²) in [4.78, 5) is 0. The van der Waals surface area contributed by atoms with Crippen LogP contribution in [0.15, 0.2) is 12.1 Å². The fraction of sp³-hybridized carbons (Fsp3) is 0.571. The monoisotopic (exact) mass is 267 g/mol. The first-order valence-corrected chi connectivity index (χ1v) is 8.32. The molecule has 0 spiro atoms. The normalized spacial score (nSPS) is 22.5. The Hall–Kier alpha value is -0.120. The molecular formula is C14H21NS2. The summed E-state index contributed by atoms with van der Waals surface area (Å²) in [7, 11) is 0. The average Bonchev–Trinajstić information content (AvgIpc) is 2.34. The van der Waals surface area contributed by atoms with Crippen LogP contribution in [0, 0.1) is 20.8 Å². The Morgan fingerprint density at radius 3 is 2.47 bits per heavy atom. The summed E-state index contributed by atoms with van der Waals surface area (Å²) in [6, 6.07) is 4.74. The second-order valence-electron chi connectivity index (χ2n) is 4.80. The van der Waals surface area contributed by atoms with Crippen LogP contribution in [-0.4, -0.2) is 22.5 Å². The molecule has 0 aliphatic carbocycles. The highest BCUT2D eigenvalue weighted by Crippen LogP contribution is 2.34. The van der Waals surface area contributed by atoms with Crippen LogP contribution >= 0.6 is 23.5 Å². The Balaban J connectivity index is 2.23. The first-order valence-electron chi connectivity index (χ1n) is 6.12. The van der Waals surface area contributed by atoms with E-state index in [0.717, 1.165) is 0 Å². The molecule has 1 aromatic carbocycles. The van der Waals surface area contributed by atoms with Crippen LogP contribution in [0.2, 0.25) is 0 Å². The third-order valence-corrected chi connectivity index (χ3v) is 6.37. The van der Waals surface area contributed by atoms with Gasteiger partial charge in [-0.1, -0.05) is 12.1 Å². The molecule has 2 N–H and O–H groups in total. The minimum absolute atomic E-state index is 0.187. The maximum absolute atomic E-state index is 6.46. The van der Waals surface area contributed by atoms with E-state index < -0.39 is 0 Å². The van der Waals surface area contributed by atoms with Gasteiger partial charge in [-0.15, -0.1) is 0 Å². The lowest BCUT2D eigenvalue weighted by atomic mass is 9.95. The van der Waals surface area contributed by atoms with Gasteiger partial charge in [0.15, 0.2) is 0 Å². The van der Waals surface area contributed by atoms with Gasteiger partial charge in [0.05, 0.1) is 0 Å². The first-order chi connectivity index (χ1) is 8.09. The molecule has 1 fully saturated rings. The van der Waals surface area contributed by atoms with Crippen molar-refractivity contribution in [2.24, 2.45) is 5.73 Å². The molecule has 0 saturated carbocycles. The molecule has 3 heteroatoms. The molecule has 0 bridgehead atoms. The number of hydrogen-bond acceptors (Lipinski definition) is 3. The van der Waals surface area contributed by atoms with Gasteiger partial charge in [0.1, 0.15) is 0 Å². The molecule has 0 amide bonds. The van der Waals surface area contributed by atoms with E-state index in [2.05, 4.69) is 32.9 Å². The predicted octanol–water partition coefficient (Wildman–Crippen LogP) is 3.46. The molecule has 1 aliphatic rings. The molecular weight excluding hydrogens is 246 g/mol. The molecule has 1 heterocycles. The predicted molar refractivity (Wildman–Crippen MR) is 81.2 cm³/mol. The molecule has 2 unspecified atom stereocenters. The highest BCUT2D eigenvalue weighted by Gasteiger charge is 2.24. The third-order valence-electron chi connectivity index (χ3n) is 3.48. The minimum atomic E-state index is 0.187. The molecule has 0 aromatic heterocycles. The van der Waals surface area contributed by atoms with Crippen molar-refractivity contribution in [1.82, 2.24) is 0 Å². The fourth-order valence-corrected chi connectivity index (χ4v) is 5.05. The highest BCUT2D eigenvalue weighted by molar-refractivity contribution is 8.06. The van der Waals surface area contributed by atoms with E-state index in [0.29, 0.717) is 5.25 Å². The van der Waals surface area contributed by atoms with Crippen LogP contribution in [0.4, 0.5) is 0 Å². The van der Waals surface area contributed by atoms with Crippen LogP contribution in [0.1, 0.15) is 28.3 Å². The Morgan fingerprint density at radius 2 is 1.82 bits per heavy atom. The van der Waals surface area contributed by atoms with Crippen molar-refractivity contribution in [1.29, 1.82) is 0 Å². The summed E-state index contributed by atoms with van der Waals surface area (Å²) in [5, 5.41) is 0.578. The van der Waals surface area contributed by atoms with Crippen molar-refractivity contribution < 1.29 is 0 Å². The molecule has 1 aromatic rings. The molecule has 17 heavy (non-hydrogen) atoms. The van der Waals surface area contributed by atoms with Gasteiger partial charge in [0, 0.05) is 28.6 Å². The SMILES string of the molecule is Cc1cc(C)c(C(N)C2CSCCS2)cc1C. The van der Waals surface area contributed by atoms with E-state index in [4.69, 9.17) is 5.73 Å². The Labute approximate surface area is 113 Å². The van der Waals surface area contributed by atoms with Crippen molar-refractivity contribution >= 4 is 23.5 Å². The van der Waals surface area contributed by atoms with Crippen LogP contribution in [0.3, 0.4) is 0 Å². The molecule has 1 saturated heterocycles. The second-order valence-corrected chi connectivity index (χ2v) is 7.30. The van der Waals surface area contributed by atoms with Crippen molar-refractivity contribution in [2.45, 2.75) is 32.1 Å². The van der Waals surface area contributed by atoms with Gasteiger partial charge in [-0.25, -0.2) is 0 Å². The molecule has 2 atom stereocenters. The number of hydrogen-bond donors (Lipinski definition) is 1. The van der Waals surface area contributed by atoms with Gasteiger partial charge in [-0.3, -0.25) is 0 Å². The Morgan fingerprint density at radius 1 is 1.12 bits per heavy atom. The number of thioether (sulfide) groups is 2. The van der Waals surface area contributed by atoms with Crippen LogP contribution in [-0.2, 0) is 0 Å². The molecule has 0 radical (unpaired) electrons. The van der Waals surface area contributed by atoms with E-state index in [1.54, 1.807) is 0 Å². The quantitative estimate of drug-likeness (QED) is 0.888. The lowest BCUT2D eigenvalue weighted by Crippen LogP contribution is -2.29. The van der Waals surface area contributed by atoms with Crippen molar-refractivity contribution in [3.05, 3.63) is 34.4 Å². The third kappa shape index (κ3) is 3.01. The highest BCUT2D eigenvalue weighted by atomic mass is 32.2. The van der Waals surface area contributed by atoms with Gasteiger partial charge in [-0.2, -0.15) is 23.5 Å². The summed E-state index contributed by atoms with van der Waals surface area (Å²) in [5.74, 6) is 3.71. The summed E-state index contributed by atoms with van der Waals surface area (Å²) in [6.07, 6.45) is 0. The van der Waals surface area contributed by atoms with E-state index >= 15 is 0 Å². The van der Waals surface area contributed by atoms with Gasteiger partial charge in [-0.05, 0) is 43.0 Å². The van der Waals surface area contributed by atoms with Crippen LogP contribution < -0.4 is 5.73 Å². The lowest BCUT2D eigenvalue weighted by molar-refractivity contribution is 0.713.